The van der Waals surface area contributed by atoms with Gasteiger partial charge in [-0.05, 0) is 82.8 Å². The van der Waals surface area contributed by atoms with Gasteiger partial charge in [-0.2, -0.15) is 0 Å². The highest BCUT2D eigenvalue weighted by Crippen LogP contribution is 2.28. The maximum Gasteiger partial charge on any atom is 0.122 e. The predicted octanol–water partition coefficient (Wildman–Crippen LogP) is 4.97. The van der Waals surface area contributed by atoms with Gasteiger partial charge in [0.25, 0.3) is 0 Å². The molecule has 1 aliphatic rings. The summed E-state index contributed by atoms with van der Waals surface area (Å²) in [7, 11) is 0. The van der Waals surface area contributed by atoms with Crippen molar-refractivity contribution in [2.24, 2.45) is 0 Å². The molecular formula is C16H14BrIO. The molecular weight excluding hydrogens is 415 g/mol. The van der Waals surface area contributed by atoms with Gasteiger partial charge >= 0.3 is 0 Å². The molecule has 1 aliphatic heterocycles. The average molecular weight is 429 g/mol. The van der Waals surface area contributed by atoms with Crippen LogP contribution in [-0.2, 0) is 12.8 Å². The quantitative estimate of drug-likeness (QED) is 0.613. The average Bonchev–Trinajstić information content (AvgIpc) is 2.43. The largest absolute Gasteiger partial charge is 0.493 e. The van der Waals surface area contributed by atoms with E-state index in [0.29, 0.717) is 0 Å². The van der Waals surface area contributed by atoms with Gasteiger partial charge < -0.3 is 4.74 Å². The number of benzene rings is 2. The first-order valence-corrected chi connectivity index (χ1v) is 8.28. The number of rotatable bonds is 2. The minimum atomic E-state index is 0.856. The summed E-state index contributed by atoms with van der Waals surface area (Å²) >= 11 is 5.99. The Bertz CT molecular complexity index is 610. The van der Waals surface area contributed by atoms with Crippen molar-refractivity contribution in [3.05, 3.63) is 61.1 Å². The summed E-state index contributed by atoms with van der Waals surface area (Å²) in [5, 5.41) is 0. The molecule has 0 saturated carbocycles. The van der Waals surface area contributed by atoms with Crippen molar-refractivity contribution < 1.29 is 4.74 Å². The van der Waals surface area contributed by atoms with Crippen molar-refractivity contribution in [3.63, 3.8) is 0 Å². The van der Waals surface area contributed by atoms with E-state index >= 15 is 0 Å². The first-order chi connectivity index (χ1) is 9.22. The Morgan fingerprint density at radius 2 is 2.05 bits per heavy atom. The Hall–Kier alpha value is -0.550. The van der Waals surface area contributed by atoms with Crippen LogP contribution in [0.25, 0.3) is 0 Å². The van der Waals surface area contributed by atoms with Crippen LogP contribution in [-0.4, -0.2) is 6.61 Å². The van der Waals surface area contributed by atoms with Crippen molar-refractivity contribution in [1.29, 1.82) is 0 Å². The van der Waals surface area contributed by atoms with Crippen LogP contribution in [0.4, 0.5) is 0 Å². The summed E-state index contributed by atoms with van der Waals surface area (Å²) in [5.74, 6) is 1.07. The summed E-state index contributed by atoms with van der Waals surface area (Å²) in [6.07, 6.45) is 3.23. The van der Waals surface area contributed by atoms with Gasteiger partial charge in [-0.15, -0.1) is 0 Å². The van der Waals surface area contributed by atoms with Crippen molar-refractivity contribution in [2.45, 2.75) is 19.3 Å². The van der Waals surface area contributed by atoms with E-state index in [1.807, 2.05) is 0 Å². The Kier molecular flexibility index (Phi) is 4.12. The SMILES string of the molecule is Brc1ccc(I)cc1Cc1ccc2c(c1)CCCO2. The third kappa shape index (κ3) is 3.14. The maximum absolute atomic E-state index is 5.66. The lowest BCUT2D eigenvalue weighted by atomic mass is 9.99. The molecule has 0 spiro atoms. The molecule has 2 aromatic rings. The highest BCUT2D eigenvalue weighted by Gasteiger charge is 2.11. The van der Waals surface area contributed by atoms with Crippen LogP contribution < -0.4 is 4.74 Å². The van der Waals surface area contributed by atoms with Gasteiger partial charge in [0.1, 0.15) is 5.75 Å². The molecule has 0 fully saturated rings. The fraction of sp³-hybridized carbons (Fsp3) is 0.250. The molecule has 1 heterocycles. The molecule has 2 aromatic carbocycles. The van der Waals surface area contributed by atoms with E-state index in [-0.39, 0.29) is 0 Å². The zero-order chi connectivity index (χ0) is 13.2. The van der Waals surface area contributed by atoms with Crippen LogP contribution in [0.15, 0.2) is 40.9 Å². The molecule has 0 unspecified atom stereocenters. The second-order valence-corrected chi connectivity index (χ2v) is 6.91. The van der Waals surface area contributed by atoms with Crippen molar-refractivity contribution >= 4 is 38.5 Å². The zero-order valence-electron chi connectivity index (χ0n) is 10.5. The summed E-state index contributed by atoms with van der Waals surface area (Å²) in [4.78, 5) is 0. The highest BCUT2D eigenvalue weighted by atomic mass is 127. The Balaban J connectivity index is 1.89. The van der Waals surface area contributed by atoms with E-state index in [1.54, 1.807) is 0 Å². The second kappa shape index (κ2) is 5.83. The summed E-state index contributed by atoms with van der Waals surface area (Å²) in [6.45, 7) is 0.856. The topological polar surface area (TPSA) is 9.23 Å². The molecule has 3 heteroatoms. The van der Waals surface area contributed by atoms with E-state index in [9.17, 15) is 0 Å². The predicted molar refractivity (Wildman–Crippen MR) is 89.9 cm³/mol. The van der Waals surface area contributed by atoms with E-state index in [2.05, 4.69) is 74.9 Å². The molecule has 0 saturated heterocycles. The van der Waals surface area contributed by atoms with E-state index in [0.717, 1.165) is 31.6 Å². The van der Waals surface area contributed by atoms with Gasteiger partial charge in [-0.3, -0.25) is 0 Å². The molecule has 0 atom stereocenters. The van der Waals surface area contributed by atoms with Crippen LogP contribution in [0.1, 0.15) is 23.1 Å². The molecule has 1 nitrogen and oxygen atoms in total. The lowest BCUT2D eigenvalue weighted by molar-refractivity contribution is 0.288. The molecule has 0 radical (unpaired) electrons. The van der Waals surface area contributed by atoms with Crippen LogP contribution >= 0.6 is 38.5 Å². The highest BCUT2D eigenvalue weighted by molar-refractivity contribution is 14.1. The second-order valence-electron chi connectivity index (χ2n) is 4.81. The smallest absolute Gasteiger partial charge is 0.122 e. The Morgan fingerprint density at radius 3 is 2.95 bits per heavy atom. The fourth-order valence-corrected chi connectivity index (χ4v) is 3.36. The van der Waals surface area contributed by atoms with E-state index in [4.69, 9.17) is 4.74 Å². The minimum absolute atomic E-state index is 0.856. The number of fused-ring (bicyclic) bond motifs is 1. The van der Waals surface area contributed by atoms with Crippen LogP contribution in [0.5, 0.6) is 5.75 Å². The summed E-state index contributed by atoms with van der Waals surface area (Å²) in [5.41, 5.74) is 4.04. The lowest BCUT2D eigenvalue weighted by Gasteiger charge is -2.18. The number of ether oxygens (including phenoxy) is 1. The van der Waals surface area contributed by atoms with Gasteiger partial charge in [0.2, 0.25) is 0 Å². The third-order valence-electron chi connectivity index (χ3n) is 3.38. The van der Waals surface area contributed by atoms with Crippen LogP contribution in [0.2, 0.25) is 0 Å². The van der Waals surface area contributed by atoms with Crippen LogP contribution in [0, 0.1) is 3.57 Å². The number of hydrogen-bond acceptors (Lipinski definition) is 1. The molecule has 0 aromatic heterocycles. The van der Waals surface area contributed by atoms with Gasteiger partial charge in [0.05, 0.1) is 6.61 Å². The van der Waals surface area contributed by atoms with Gasteiger partial charge in [0.15, 0.2) is 0 Å². The zero-order valence-corrected chi connectivity index (χ0v) is 14.2. The molecule has 0 bridgehead atoms. The number of halogens is 2. The monoisotopic (exact) mass is 428 g/mol. The van der Waals surface area contributed by atoms with Gasteiger partial charge in [-0.1, -0.05) is 28.1 Å². The van der Waals surface area contributed by atoms with E-state index < -0.39 is 0 Å². The molecule has 0 amide bonds. The molecule has 0 N–H and O–H groups in total. The summed E-state index contributed by atoms with van der Waals surface area (Å²) < 4.78 is 8.12. The van der Waals surface area contributed by atoms with Crippen LogP contribution in [0.3, 0.4) is 0 Å². The first kappa shape index (κ1) is 13.4. The fourth-order valence-electron chi connectivity index (χ4n) is 2.42. The number of aryl methyl sites for hydroxylation is 1. The Labute approximate surface area is 135 Å². The minimum Gasteiger partial charge on any atom is -0.493 e. The third-order valence-corrected chi connectivity index (χ3v) is 4.82. The van der Waals surface area contributed by atoms with Crippen molar-refractivity contribution in [3.8, 4) is 5.75 Å². The van der Waals surface area contributed by atoms with E-state index in [1.165, 1.54) is 24.7 Å². The molecule has 0 aliphatic carbocycles. The van der Waals surface area contributed by atoms with Gasteiger partial charge in [-0.25, -0.2) is 0 Å². The first-order valence-electron chi connectivity index (χ1n) is 6.41. The number of hydrogen-bond donors (Lipinski definition) is 0. The van der Waals surface area contributed by atoms with Crippen molar-refractivity contribution in [2.75, 3.05) is 6.61 Å². The molecule has 19 heavy (non-hydrogen) atoms. The standard InChI is InChI=1S/C16H14BrIO/c17-15-5-4-14(18)10-13(15)9-11-3-6-16-12(8-11)2-1-7-19-16/h3-6,8,10H,1-2,7,9H2. The maximum atomic E-state index is 5.66. The van der Waals surface area contributed by atoms with Gasteiger partial charge in [0, 0.05) is 8.04 Å². The molecule has 3 rings (SSSR count). The summed E-state index contributed by atoms with van der Waals surface area (Å²) in [6, 6.07) is 13.1. The Morgan fingerprint density at radius 1 is 1.16 bits per heavy atom. The molecule has 98 valence electrons. The normalized spacial score (nSPS) is 13.8. The van der Waals surface area contributed by atoms with Crippen molar-refractivity contribution in [1.82, 2.24) is 0 Å². The lowest BCUT2D eigenvalue weighted by Crippen LogP contribution is -2.08.